The molecule has 0 saturated carbocycles. The molecule has 2 aromatic rings. The highest BCUT2D eigenvalue weighted by Gasteiger charge is 2.23. The molecule has 6 nitrogen and oxygen atoms in total. The molecule has 2 heterocycles. The van der Waals surface area contributed by atoms with E-state index in [0.717, 1.165) is 16.1 Å². The Morgan fingerprint density at radius 1 is 1.33 bits per heavy atom. The lowest BCUT2D eigenvalue weighted by atomic mass is 10.1. The van der Waals surface area contributed by atoms with E-state index in [1.807, 2.05) is 36.4 Å². The van der Waals surface area contributed by atoms with Crippen LogP contribution in [0.4, 0.5) is 9.93 Å². The van der Waals surface area contributed by atoms with Gasteiger partial charge in [-0.3, -0.25) is 10.1 Å². The van der Waals surface area contributed by atoms with Gasteiger partial charge in [-0.05, 0) is 11.6 Å². The minimum absolute atomic E-state index is 0.0274. The molecule has 0 saturated heterocycles. The number of thiazole rings is 1. The first-order valence-electron chi connectivity index (χ1n) is 7.51. The van der Waals surface area contributed by atoms with Crippen molar-refractivity contribution in [1.82, 2.24) is 9.88 Å². The largest absolute Gasteiger partial charge is 0.453 e. The molecule has 24 heavy (non-hydrogen) atoms. The van der Waals surface area contributed by atoms with E-state index in [1.54, 1.807) is 11.0 Å². The van der Waals surface area contributed by atoms with Gasteiger partial charge in [-0.25, -0.2) is 9.78 Å². The van der Waals surface area contributed by atoms with Crippen molar-refractivity contribution in [2.24, 2.45) is 0 Å². The summed E-state index contributed by atoms with van der Waals surface area (Å²) in [6, 6.07) is 9.71. The summed E-state index contributed by atoms with van der Waals surface area (Å²) < 4.78 is 4.56. The van der Waals surface area contributed by atoms with Gasteiger partial charge < -0.3 is 9.64 Å². The molecule has 1 N–H and O–H groups in total. The minimum Gasteiger partial charge on any atom is -0.453 e. The average Bonchev–Trinajstić information content (AvgIpc) is 3.01. The number of fused-ring (bicyclic) bond motifs is 1. The third-order valence-electron chi connectivity index (χ3n) is 3.66. The molecule has 1 aliphatic heterocycles. The number of methoxy groups -OCH3 is 1. The fourth-order valence-corrected chi connectivity index (χ4v) is 3.42. The number of amides is 2. The quantitative estimate of drug-likeness (QED) is 0.870. The van der Waals surface area contributed by atoms with Crippen LogP contribution < -0.4 is 5.32 Å². The molecule has 0 atom stereocenters. The SMILES string of the molecule is COC(=O)Nc1nc2c(s1)CN(C(=O)/C=C/c1ccccc1)CC2. The van der Waals surface area contributed by atoms with Crippen LogP contribution in [0.15, 0.2) is 36.4 Å². The van der Waals surface area contributed by atoms with E-state index >= 15 is 0 Å². The highest BCUT2D eigenvalue weighted by Crippen LogP contribution is 2.28. The first-order valence-corrected chi connectivity index (χ1v) is 8.33. The standard InChI is InChI=1S/C17H17N3O3S/c1-23-17(22)19-16-18-13-9-10-20(11-14(13)24-16)15(21)8-7-12-5-3-2-4-6-12/h2-8H,9-11H2,1H3,(H,18,19,22)/b8-7+. The number of nitrogens with one attached hydrogen (secondary N) is 1. The molecule has 3 rings (SSSR count). The third-order valence-corrected chi connectivity index (χ3v) is 4.65. The molecule has 1 aromatic carbocycles. The van der Waals surface area contributed by atoms with Gasteiger partial charge >= 0.3 is 6.09 Å². The van der Waals surface area contributed by atoms with E-state index < -0.39 is 6.09 Å². The molecule has 7 heteroatoms. The van der Waals surface area contributed by atoms with Crippen LogP contribution in [-0.4, -0.2) is 35.5 Å². The number of hydrogen-bond acceptors (Lipinski definition) is 5. The van der Waals surface area contributed by atoms with Crippen molar-refractivity contribution in [3.8, 4) is 0 Å². The summed E-state index contributed by atoms with van der Waals surface area (Å²) in [5.74, 6) is -0.0274. The molecule has 0 bridgehead atoms. The molecule has 0 fully saturated rings. The number of ether oxygens (including phenoxy) is 1. The Morgan fingerprint density at radius 2 is 2.12 bits per heavy atom. The Balaban J connectivity index is 1.65. The summed E-state index contributed by atoms with van der Waals surface area (Å²) in [4.78, 5) is 30.7. The molecule has 2 amide bonds. The van der Waals surface area contributed by atoms with E-state index in [2.05, 4.69) is 15.0 Å². The topological polar surface area (TPSA) is 71.5 Å². The predicted octanol–water partition coefficient (Wildman–Crippen LogP) is 2.92. The van der Waals surface area contributed by atoms with Gasteiger partial charge in [0.05, 0.1) is 19.3 Å². The lowest BCUT2D eigenvalue weighted by Crippen LogP contribution is -2.34. The van der Waals surface area contributed by atoms with Gasteiger partial charge in [-0.1, -0.05) is 41.7 Å². The van der Waals surface area contributed by atoms with Crippen LogP contribution in [0.2, 0.25) is 0 Å². The first kappa shape index (κ1) is 16.2. The number of carbonyl (C=O) groups is 2. The van der Waals surface area contributed by atoms with E-state index in [9.17, 15) is 9.59 Å². The van der Waals surface area contributed by atoms with Crippen LogP contribution in [0.3, 0.4) is 0 Å². The number of anilines is 1. The van der Waals surface area contributed by atoms with Crippen molar-refractivity contribution in [2.45, 2.75) is 13.0 Å². The van der Waals surface area contributed by atoms with E-state index in [4.69, 9.17) is 0 Å². The highest BCUT2D eigenvalue weighted by molar-refractivity contribution is 7.15. The van der Waals surface area contributed by atoms with Crippen molar-refractivity contribution >= 4 is 34.5 Å². The Morgan fingerprint density at radius 3 is 2.88 bits per heavy atom. The number of nitrogens with zero attached hydrogens (tertiary/aromatic N) is 2. The normalized spacial score (nSPS) is 13.6. The van der Waals surface area contributed by atoms with E-state index in [1.165, 1.54) is 18.4 Å². The zero-order valence-electron chi connectivity index (χ0n) is 13.2. The zero-order chi connectivity index (χ0) is 16.9. The second-order valence-corrected chi connectivity index (χ2v) is 6.34. The maximum absolute atomic E-state index is 12.3. The van der Waals surface area contributed by atoms with Crippen LogP contribution in [0.25, 0.3) is 6.08 Å². The molecule has 0 radical (unpaired) electrons. The van der Waals surface area contributed by atoms with Crippen LogP contribution in [0.1, 0.15) is 16.1 Å². The Labute approximate surface area is 143 Å². The van der Waals surface area contributed by atoms with Gasteiger partial charge in [0.2, 0.25) is 5.91 Å². The summed E-state index contributed by atoms with van der Waals surface area (Å²) in [6.45, 7) is 1.13. The zero-order valence-corrected chi connectivity index (χ0v) is 14.0. The molecule has 124 valence electrons. The molecule has 1 aromatic heterocycles. The van der Waals surface area contributed by atoms with Crippen molar-refractivity contribution in [1.29, 1.82) is 0 Å². The van der Waals surface area contributed by atoms with Crippen LogP contribution in [0.5, 0.6) is 0 Å². The summed E-state index contributed by atoms with van der Waals surface area (Å²) in [5.41, 5.74) is 1.92. The number of carbonyl (C=O) groups excluding carboxylic acids is 2. The molecule has 0 spiro atoms. The third kappa shape index (κ3) is 3.80. The first-order chi connectivity index (χ1) is 11.7. The summed E-state index contributed by atoms with van der Waals surface area (Å²) in [5, 5.41) is 3.07. The fraction of sp³-hybridized carbons (Fsp3) is 0.235. The van der Waals surface area contributed by atoms with Crippen molar-refractivity contribution in [2.75, 3.05) is 19.0 Å². The summed E-state index contributed by atoms with van der Waals surface area (Å²) in [7, 11) is 1.31. The van der Waals surface area contributed by atoms with Gasteiger partial charge in [0.15, 0.2) is 5.13 Å². The summed E-state index contributed by atoms with van der Waals surface area (Å²) >= 11 is 1.37. The molecular weight excluding hydrogens is 326 g/mol. The van der Waals surface area contributed by atoms with E-state index in [-0.39, 0.29) is 5.91 Å². The minimum atomic E-state index is -0.542. The predicted molar refractivity (Wildman–Crippen MR) is 92.7 cm³/mol. The molecule has 0 unspecified atom stereocenters. The Hall–Kier alpha value is -2.67. The molecule has 1 aliphatic rings. The van der Waals surface area contributed by atoms with Gasteiger partial charge in [0, 0.05) is 23.9 Å². The number of hydrogen-bond donors (Lipinski definition) is 1. The van der Waals surface area contributed by atoms with Crippen LogP contribution in [0, 0.1) is 0 Å². The number of rotatable bonds is 3. The van der Waals surface area contributed by atoms with Crippen LogP contribution in [-0.2, 0) is 22.5 Å². The maximum Gasteiger partial charge on any atom is 0.413 e. The van der Waals surface area contributed by atoms with Crippen molar-refractivity contribution in [3.05, 3.63) is 52.5 Å². The van der Waals surface area contributed by atoms with Crippen molar-refractivity contribution in [3.63, 3.8) is 0 Å². The second kappa shape index (κ2) is 7.27. The van der Waals surface area contributed by atoms with Gasteiger partial charge in [0.1, 0.15) is 0 Å². The lowest BCUT2D eigenvalue weighted by Gasteiger charge is -2.24. The molecular formula is C17H17N3O3S. The Bertz CT molecular complexity index is 771. The second-order valence-electron chi connectivity index (χ2n) is 5.26. The maximum atomic E-state index is 12.3. The Kier molecular flexibility index (Phi) is 4.90. The summed E-state index contributed by atoms with van der Waals surface area (Å²) in [6.07, 6.45) is 3.54. The van der Waals surface area contributed by atoms with Gasteiger partial charge in [-0.2, -0.15) is 0 Å². The fourth-order valence-electron chi connectivity index (χ4n) is 2.41. The van der Waals surface area contributed by atoms with Crippen molar-refractivity contribution < 1.29 is 14.3 Å². The smallest absolute Gasteiger partial charge is 0.413 e. The monoisotopic (exact) mass is 343 g/mol. The van der Waals surface area contributed by atoms with Crippen LogP contribution >= 0.6 is 11.3 Å². The van der Waals surface area contributed by atoms with E-state index in [0.29, 0.717) is 24.6 Å². The average molecular weight is 343 g/mol. The number of aromatic nitrogens is 1. The number of benzene rings is 1. The highest BCUT2D eigenvalue weighted by atomic mass is 32.1. The van der Waals surface area contributed by atoms with Gasteiger partial charge in [0.25, 0.3) is 0 Å². The van der Waals surface area contributed by atoms with Gasteiger partial charge in [-0.15, -0.1) is 0 Å². The molecule has 0 aliphatic carbocycles. The lowest BCUT2D eigenvalue weighted by molar-refractivity contribution is -0.126.